The van der Waals surface area contributed by atoms with Crippen LogP contribution in [0.1, 0.15) is 16.8 Å². The van der Waals surface area contributed by atoms with E-state index in [1.54, 1.807) is 43.3 Å². The molecule has 0 atom stereocenters. The van der Waals surface area contributed by atoms with E-state index in [1.165, 1.54) is 6.20 Å². The van der Waals surface area contributed by atoms with Crippen molar-refractivity contribution in [1.29, 1.82) is 0 Å². The monoisotopic (exact) mass is 409 g/mol. The zero-order chi connectivity index (χ0) is 20.6. The number of hydrogen-bond acceptors (Lipinski definition) is 6. The van der Waals surface area contributed by atoms with Crippen molar-refractivity contribution in [2.45, 2.75) is 25.7 Å². The van der Waals surface area contributed by atoms with E-state index in [2.05, 4.69) is 15.0 Å². The van der Waals surface area contributed by atoms with Gasteiger partial charge in [0.15, 0.2) is 11.5 Å². The van der Waals surface area contributed by atoms with Crippen LogP contribution in [0.15, 0.2) is 68.7 Å². The quantitative estimate of drug-likeness (QED) is 0.512. The molecule has 2 aromatic heterocycles. The molecular formula is C21H19N3O4S. The minimum Gasteiger partial charge on any atom is -0.356 e. The molecule has 29 heavy (non-hydrogen) atoms. The van der Waals surface area contributed by atoms with Crippen LogP contribution in [0.3, 0.4) is 0 Å². The number of nitrogens with one attached hydrogen (secondary N) is 1. The van der Waals surface area contributed by atoms with E-state index in [-0.39, 0.29) is 4.90 Å². The van der Waals surface area contributed by atoms with Crippen molar-refractivity contribution >= 4 is 15.7 Å². The molecule has 0 radical (unpaired) electrons. The van der Waals surface area contributed by atoms with Gasteiger partial charge in [0.1, 0.15) is 0 Å². The Kier molecular flexibility index (Phi) is 4.71. The highest BCUT2D eigenvalue weighted by Gasteiger charge is 2.20. The van der Waals surface area contributed by atoms with Gasteiger partial charge in [-0.05, 0) is 44.5 Å². The normalized spacial score (nSPS) is 11.6. The number of hydrogen-bond donors (Lipinski definition) is 1. The molecule has 7 nitrogen and oxygen atoms in total. The van der Waals surface area contributed by atoms with Crippen LogP contribution in [0.4, 0.5) is 5.69 Å². The number of nitrogens with zero attached hydrogens (tertiary/aromatic N) is 2. The SMILES string of the molecule is Cc1ccc(-c2onc(C)c2C)cc1S(=O)(=O)Nc1cccc(-c2ccno2)c1. The zero-order valence-corrected chi connectivity index (χ0v) is 16.9. The maximum absolute atomic E-state index is 13.1. The van der Waals surface area contributed by atoms with Crippen LogP contribution in [0.5, 0.6) is 0 Å². The molecule has 0 unspecified atom stereocenters. The highest BCUT2D eigenvalue weighted by atomic mass is 32.2. The molecule has 0 bridgehead atoms. The lowest BCUT2D eigenvalue weighted by Crippen LogP contribution is -2.14. The lowest BCUT2D eigenvalue weighted by atomic mass is 10.1. The predicted molar refractivity (Wildman–Crippen MR) is 109 cm³/mol. The smallest absolute Gasteiger partial charge is 0.262 e. The van der Waals surface area contributed by atoms with Gasteiger partial charge in [0.05, 0.1) is 16.8 Å². The molecular weight excluding hydrogens is 390 g/mol. The van der Waals surface area contributed by atoms with Crippen molar-refractivity contribution in [2.75, 3.05) is 4.72 Å². The Morgan fingerprint density at radius 1 is 0.931 bits per heavy atom. The molecule has 2 aromatic carbocycles. The first-order chi connectivity index (χ1) is 13.8. The number of sulfonamides is 1. The van der Waals surface area contributed by atoms with Gasteiger partial charge in [-0.1, -0.05) is 34.6 Å². The number of anilines is 1. The van der Waals surface area contributed by atoms with Gasteiger partial charge >= 0.3 is 0 Å². The summed E-state index contributed by atoms with van der Waals surface area (Å²) in [6.45, 7) is 5.49. The Hall–Kier alpha value is -3.39. The minimum atomic E-state index is -3.82. The van der Waals surface area contributed by atoms with E-state index < -0.39 is 10.0 Å². The molecule has 148 valence electrons. The van der Waals surface area contributed by atoms with Crippen LogP contribution in [0, 0.1) is 20.8 Å². The lowest BCUT2D eigenvalue weighted by Gasteiger charge is -2.12. The first-order valence-electron chi connectivity index (χ1n) is 8.93. The molecule has 1 N–H and O–H groups in total. The zero-order valence-electron chi connectivity index (χ0n) is 16.1. The van der Waals surface area contributed by atoms with Crippen molar-refractivity contribution in [3.8, 4) is 22.6 Å². The highest BCUT2D eigenvalue weighted by molar-refractivity contribution is 7.92. The molecule has 0 fully saturated rings. The number of benzene rings is 2. The van der Waals surface area contributed by atoms with Crippen LogP contribution < -0.4 is 4.72 Å². The maximum Gasteiger partial charge on any atom is 0.262 e. The second-order valence-electron chi connectivity index (χ2n) is 6.77. The first kappa shape index (κ1) is 18.9. The number of aromatic nitrogens is 2. The van der Waals surface area contributed by atoms with Gasteiger partial charge in [0, 0.05) is 28.4 Å². The fourth-order valence-electron chi connectivity index (χ4n) is 3.03. The third kappa shape index (κ3) is 3.66. The molecule has 0 aliphatic carbocycles. The van der Waals surface area contributed by atoms with Crippen molar-refractivity contribution < 1.29 is 17.5 Å². The van der Waals surface area contributed by atoms with Crippen molar-refractivity contribution in [2.24, 2.45) is 0 Å². The second-order valence-corrected chi connectivity index (χ2v) is 8.42. The van der Waals surface area contributed by atoms with E-state index in [0.717, 1.165) is 16.8 Å². The third-order valence-corrected chi connectivity index (χ3v) is 6.26. The molecule has 8 heteroatoms. The van der Waals surface area contributed by atoms with E-state index in [1.807, 2.05) is 26.0 Å². The van der Waals surface area contributed by atoms with Gasteiger partial charge in [-0.2, -0.15) is 0 Å². The van der Waals surface area contributed by atoms with E-state index in [0.29, 0.717) is 28.3 Å². The number of aryl methyl sites for hydroxylation is 2. The molecule has 0 saturated carbocycles. The molecule has 4 rings (SSSR count). The molecule has 0 aliphatic rings. The van der Waals surface area contributed by atoms with Gasteiger partial charge in [-0.3, -0.25) is 4.72 Å². The summed E-state index contributed by atoms with van der Waals surface area (Å²) in [5.74, 6) is 1.12. The average Bonchev–Trinajstić information content (AvgIpc) is 3.33. The summed E-state index contributed by atoms with van der Waals surface area (Å²) < 4.78 is 39.4. The van der Waals surface area contributed by atoms with Crippen LogP contribution in [-0.2, 0) is 10.0 Å². The van der Waals surface area contributed by atoms with Crippen LogP contribution in [-0.4, -0.2) is 18.7 Å². The van der Waals surface area contributed by atoms with Crippen LogP contribution >= 0.6 is 0 Å². The summed E-state index contributed by atoms with van der Waals surface area (Å²) in [5, 5.41) is 7.64. The van der Waals surface area contributed by atoms with Crippen LogP contribution in [0.25, 0.3) is 22.6 Å². The fourth-order valence-corrected chi connectivity index (χ4v) is 4.35. The summed E-state index contributed by atoms with van der Waals surface area (Å²) in [6.07, 6.45) is 1.54. The Morgan fingerprint density at radius 2 is 1.76 bits per heavy atom. The summed E-state index contributed by atoms with van der Waals surface area (Å²) >= 11 is 0. The molecule has 0 spiro atoms. The van der Waals surface area contributed by atoms with Crippen molar-refractivity contribution in [1.82, 2.24) is 10.3 Å². The van der Waals surface area contributed by atoms with Crippen molar-refractivity contribution in [3.05, 3.63) is 71.5 Å². The summed E-state index contributed by atoms with van der Waals surface area (Å²) in [4.78, 5) is 0.175. The maximum atomic E-state index is 13.1. The van der Waals surface area contributed by atoms with Gasteiger partial charge < -0.3 is 9.05 Å². The third-order valence-electron chi connectivity index (χ3n) is 4.73. The fraction of sp³-hybridized carbons (Fsp3) is 0.143. The minimum absolute atomic E-state index is 0.175. The van der Waals surface area contributed by atoms with E-state index >= 15 is 0 Å². The van der Waals surface area contributed by atoms with E-state index in [4.69, 9.17) is 9.05 Å². The van der Waals surface area contributed by atoms with Gasteiger partial charge in [0.2, 0.25) is 0 Å². The highest BCUT2D eigenvalue weighted by Crippen LogP contribution is 2.30. The molecule has 4 aromatic rings. The molecule has 0 saturated heterocycles. The topological polar surface area (TPSA) is 98.2 Å². The van der Waals surface area contributed by atoms with Gasteiger partial charge in [-0.15, -0.1) is 0 Å². The molecule has 0 aliphatic heterocycles. The Bertz CT molecular complexity index is 1280. The molecule has 0 amide bonds. The Morgan fingerprint density at radius 3 is 2.45 bits per heavy atom. The van der Waals surface area contributed by atoms with Crippen LogP contribution in [0.2, 0.25) is 0 Å². The van der Waals surface area contributed by atoms with Gasteiger partial charge in [0.25, 0.3) is 10.0 Å². The van der Waals surface area contributed by atoms with E-state index in [9.17, 15) is 8.42 Å². The Labute approximate surface area is 168 Å². The largest absolute Gasteiger partial charge is 0.356 e. The number of rotatable bonds is 5. The summed E-state index contributed by atoms with van der Waals surface area (Å²) in [7, 11) is -3.82. The summed E-state index contributed by atoms with van der Waals surface area (Å²) in [6, 6.07) is 13.8. The second kappa shape index (κ2) is 7.21. The average molecular weight is 409 g/mol. The first-order valence-corrected chi connectivity index (χ1v) is 10.4. The molecule has 2 heterocycles. The van der Waals surface area contributed by atoms with Gasteiger partial charge in [-0.25, -0.2) is 8.42 Å². The Balaban J connectivity index is 1.70. The predicted octanol–water partition coefficient (Wildman–Crippen LogP) is 4.72. The van der Waals surface area contributed by atoms with Crippen molar-refractivity contribution in [3.63, 3.8) is 0 Å². The lowest BCUT2D eigenvalue weighted by molar-refractivity contribution is 0.426. The standard InChI is InChI=1S/C21H19N3O4S/c1-13-7-8-17(21-14(2)15(3)23-28-21)12-20(13)29(25,26)24-18-6-4-5-16(11-18)19-9-10-22-27-19/h4-12,24H,1-3H3. The summed E-state index contributed by atoms with van der Waals surface area (Å²) in [5.41, 5.74) is 4.08.